The average molecular weight is 573 g/mol. The van der Waals surface area contributed by atoms with Gasteiger partial charge in [-0.15, -0.1) is 0 Å². The van der Waals surface area contributed by atoms with E-state index < -0.39 is 20.0 Å². The molecule has 0 spiro atoms. The van der Waals surface area contributed by atoms with Crippen LogP contribution in [0.15, 0.2) is 82.6 Å². The van der Waals surface area contributed by atoms with Crippen LogP contribution in [0.1, 0.15) is 37.8 Å². The maximum absolute atomic E-state index is 13.9. The number of ether oxygens (including phenoxy) is 2. The second-order valence-electron chi connectivity index (χ2n) is 9.78. The summed E-state index contributed by atoms with van der Waals surface area (Å²) in [5.74, 6) is 1.69. The molecule has 1 saturated heterocycles. The lowest BCUT2D eigenvalue weighted by atomic mass is 10.0. The summed E-state index contributed by atoms with van der Waals surface area (Å²) in [6.45, 7) is 5.70. The van der Waals surface area contributed by atoms with Gasteiger partial charge >= 0.3 is 0 Å². The van der Waals surface area contributed by atoms with Crippen molar-refractivity contribution >= 4 is 20.0 Å². The van der Waals surface area contributed by atoms with E-state index in [1.807, 2.05) is 50.2 Å². The lowest BCUT2D eigenvalue weighted by molar-refractivity contribution is 0.281. The maximum atomic E-state index is 13.9. The monoisotopic (exact) mass is 572 g/mol. The number of hydrogen-bond donors (Lipinski definition) is 0. The van der Waals surface area contributed by atoms with Gasteiger partial charge in [-0.2, -0.15) is 8.61 Å². The summed E-state index contributed by atoms with van der Waals surface area (Å²) in [4.78, 5) is 0.136. The Morgan fingerprint density at radius 3 is 1.87 bits per heavy atom. The van der Waals surface area contributed by atoms with Crippen molar-refractivity contribution in [2.75, 3.05) is 26.8 Å². The fourth-order valence-corrected chi connectivity index (χ4v) is 7.68. The van der Waals surface area contributed by atoms with Crippen molar-refractivity contribution in [2.45, 2.75) is 49.6 Å². The first kappa shape index (κ1) is 29.1. The van der Waals surface area contributed by atoms with E-state index in [1.165, 1.54) is 32.9 Å². The van der Waals surface area contributed by atoms with Crippen LogP contribution in [0, 0.1) is 5.92 Å². The minimum atomic E-state index is -3.97. The molecule has 8 nitrogen and oxygen atoms in total. The van der Waals surface area contributed by atoms with Crippen LogP contribution in [-0.4, -0.2) is 52.3 Å². The van der Waals surface area contributed by atoms with Gasteiger partial charge in [0.05, 0.1) is 23.5 Å². The molecule has 0 unspecified atom stereocenters. The molecule has 3 aromatic rings. The van der Waals surface area contributed by atoms with Crippen molar-refractivity contribution in [1.82, 2.24) is 8.61 Å². The van der Waals surface area contributed by atoms with Crippen LogP contribution in [0.3, 0.4) is 0 Å². The van der Waals surface area contributed by atoms with E-state index in [0.29, 0.717) is 37.1 Å². The predicted molar refractivity (Wildman–Crippen MR) is 151 cm³/mol. The van der Waals surface area contributed by atoms with Crippen molar-refractivity contribution in [3.05, 3.63) is 83.9 Å². The van der Waals surface area contributed by atoms with Gasteiger partial charge in [0.2, 0.25) is 20.0 Å². The van der Waals surface area contributed by atoms with Gasteiger partial charge in [-0.1, -0.05) is 31.2 Å². The average Bonchev–Trinajstić information content (AvgIpc) is 2.94. The molecule has 1 heterocycles. The molecule has 1 aliphatic rings. The van der Waals surface area contributed by atoms with Gasteiger partial charge < -0.3 is 9.47 Å². The molecule has 0 saturated carbocycles. The Bertz CT molecular complexity index is 1440. The molecule has 0 N–H and O–H groups in total. The first-order valence-electron chi connectivity index (χ1n) is 13.1. The molecule has 0 aliphatic carbocycles. The second kappa shape index (κ2) is 12.5. The quantitative estimate of drug-likeness (QED) is 0.324. The Morgan fingerprint density at radius 1 is 0.821 bits per heavy atom. The van der Waals surface area contributed by atoms with Crippen LogP contribution < -0.4 is 9.47 Å². The number of nitrogens with zero attached hydrogens (tertiary/aromatic N) is 2. The first-order valence-corrected chi connectivity index (χ1v) is 16.0. The van der Waals surface area contributed by atoms with Crippen LogP contribution in [-0.2, 0) is 33.1 Å². The second-order valence-corrected chi connectivity index (χ2v) is 13.7. The van der Waals surface area contributed by atoms with Crippen LogP contribution in [0.25, 0.3) is 0 Å². The fraction of sp³-hybridized carbons (Fsp3) is 0.379. The van der Waals surface area contributed by atoms with E-state index >= 15 is 0 Å². The summed E-state index contributed by atoms with van der Waals surface area (Å²) < 4.78 is 67.7. The summed E-state index contributed by atoms with van der Waals surface area (Å²) in [5, 5.41) is 0. The highest BCUT2D eigenvalue weighted by Gasteiger charge is 2.30. The molecular weight excluding hydrogens is 536 g/mol. The summed E-state index contributed by atoms with van der Waals surface area (Å²) >= 11 is 0. The largest absolute Gasteiger partial charge is 0.497 e. The molecule has 0 bridgehead atoms. The first-order chi connectivity index (χ1) is 18.6. The molecule has 4 rings (SSSR count). The number of piperidine rings is 1. The Hall–Kier alpha value is -2.92. The highest BCUT2D eigenvalue weighted by Crippen LogP contribution is 2.27. The topological polar surface area (TPSA) is 93.2 Å². The third kappa shape index (κ3) is 7.00. The minimum absolute atomic E-state index is 0.0351. The fourth-order valence-electron chi connectivity index (χ4n) is 4.67. The lowest BCUT2D eigenvalue weighted by Crippen LogP contribution is -2.39. The molecule has 1 fully saturated rings. The number of rotatable bonds is 11. The molecule has 0 amide bonds. The van der Waals surface area contributed by atoms with Crippen LogP contribution >= 0.6 is 0 Å². The van der Waals surface area contributed by atoms with E-state index in [4.69, 9.17) is 9.47 Å². The molecule has 0 radical (unpaired) electrons. The highest BCUT2D eigenvalue weighted by molar-refractivity contribution is 7.89. The third-order valence-electron chi connectivity index (χ3n) is 6.83. The van der Waals surface area contributed by atoms with Gasteiger partial charge in [-0.05, 0) is 85.3 Å². The maximum Gasteiger partial charge on any atom is 0.243 e. The van der Waals surface area contributed by atoms with E-state index in [2.05, 4.69) is 0 Å². The van der Waals surface area contributed by atoms with E-state index in [-0.39, 0.29) is 22.9 Å². The highest BCUT2D eigenvalue weighted by atomic mass is 32.2. The SMILES string of the molecule is CCOc1ccc(CN(Cc2ccc(OC)cc2)S(=O)(=O)c2ccc(S(=O)(=O)N3CCC[C@@H](C)C3)cc2)cc1. The van der Waals surface area contributed by atoms with E-state index in [0.717, 1.165) is 24.0 Å². The Labute approximate surface area is 232 Å². The van der Waals surface area contributed by atoms with Gasteiger partial charge in [0.25, 0.3) is 0 Å². The summed E-state index contributed by atoms with van der Waals surface area (Å²) in [6, 6.07) is 20.1. The van der Waals surface area contributed by atoms with Gasteiger partial charge in [-0.25, -0.2) is 16.8 Å². The van der Waals surface area contributed by atoms with Crippen molar-refractivity contribution in [1.29, 1.82) is 0 Å². The smallest absolute Gasteiger partial charge is 0.243 e. The van der Waals surface area contributed by atoms with Gasteiger partial charge in [-0.3, -0.25) is 0 Å². The van der Waals surface area contributed by atoms with Crippen LogP contribution in [0.5, 0.6) is 11.5 Å². The zero-order chi connectivity index (χ0) is 28.0. The van der Waals surface area contributed by atoms with Gasteiger partial charge in [0.15, 0.2) is 0 Å². The molecule has 39 heavy (non-hydrogen) atoms. The predicted octanol–water partition coefficient (Wildman–Crippen LogP) is 4.91. The molecule has 10 heteroatoms. The number of benzene rings is 3. The zero-order valence-electron chi connectivity index (χ0n) is 22.6. The summed E-state index contributed by atoms with van der Waals surface area (Å²) in [6.07, 6.45) is 1.82. The van der Waals surface area contributed by atoms with Gasteiger partial charge in [0, 0.05) is 26.2 Å². The lowest BCUT2D eigenvalue weighted by Gasteiger charge is -2.30. The Kier molecular flexibility index (Phi) is 9.32. The van der Waals surface area contributed by atoms with Crippen LogP contribution in [0.4, 0.5) is 0 Å². The van der Waals surface area contributed by atoms with Crippen molar-refractivity contribution in [3.63, 3.8) is 0 Å². The van der Waals surface area contributed by atoms with Crippen molar-refractivity contribution in [2.24, 2.45) is 5.92 Å². The standard InChI is InChI=1S/C29H36N2O6S2/c1-4-37-27-13-9-25(10-14-27)22-31(21-24-7-11-26(36-3)12-8-24)39(34,35)29-17-15-28(16-18-29)38(32,33)30-19-5-6-23(2)20-30/h7-18,23H,4-6,19-22H2,1-3H3/t23-/m1/s1. The minimum Gasteiger partial charge on any atom is -0.497 e. The van der Waals surface area contributed by atoms with Crippen LogP contribution in [0.2, 0.25) is 0 Å². The number of methoxy groups -OCH3 is 1. The zero-order valence-corrected chi connectivity index (χ0v) is 24.2. The Morgan fingerprint density at radius 2 is 1.36 bits per heavy atom. The molecule has 210 valence electrons. The molecule has 1 atom stereocenters. The van der Waals surface area contributed by atoms with Gasteiger partial charge in [0.1, 0.15) is 11.5 Å². The molecule has 1 aliphatic heterocycles. The van der Waals surface area contributed by atoms with E-state index in [9.17, 15) is 16.8 Å². The number of hydrogen-bond acceptors (Lipinski definition) is 6. The summed E-state index contributed by atoms with van der Waals surface area (Å²) in [7, 11) is -6.08. The summed E-state index contributed by atoms with van der Waals surface area (Å²) in [5.41, 5.74) is 1.60. The Balaban J connectivity index is 1.62. The molecular formula is C29H36N2O6S2. The molecule has 3 aromatic carbocycles. The van der Waals surface area contributed by atoms with Crippen molar-refractivity contribution < 1.29 is 26.3 Å². The third-order valence-corrected chi connectivity index (χ3v) is 10.5. The number of sulfonamides is 2. The normalized spacial score (nSPS) is 16.8. The van der Waals surface area contributed by atoms with E-state index in [1.54, 1.807) is 19.2 Å². The van der Waals surface area contributed by atoms with Crippen molar-refractivity contribution in [3.8, 4) is 11.5 Å². The molecule has 0 aromatic heterocycles.